The molecule has 2 heterocycles. The molecule has 1 atom stereocenters. The number of carbonyl (C=O) groups is 1. The van der Waals surface area contributed by atoms with E-state index in [4.69, 9.17) is 4.42 Å². The predicted molar refractivity (Wildman–Crippen MR) is 103 cm³/mol. The molecule has 1 unspecified atom stereocenters. The van der Waals surface area contributed by atoms with E-state index < -0.39 is 10.7 Å². The van der Waals surface area contributed by atoms with Gasteiger partial charge in [0, 0.05) is 30.8 Å². The van der Waals surface area contributed by atoms with Crippen LogP contribution in [0, 0.1) is 10.1 Å². The van der Waals surface area contributed by atoms with Gasteiger partial charge in [-0.1, -0.05) is 18.2 Å². The van der Waals surface area contributed by atoms with E-state index in [0.717, 1.165) is 12.1 Å². The van der Waals surface area contributed by atoms with E-state index in [0.29, 0.717) is 24.9 Å². The maximum Gasteiger partial charge on any atom is 0.419 e. The maximum atomic E-state index is 12.8. The summed E-state index contributed by atoms with van der Waals surface area (Å²) in [6.45, 7) is 2.33. The van der Waals surface area contributed by atoms with Crippen LogP contribution in [0.4, 0.5) is 11.4 Å². The van der Waals surface area contributed by atoms with Crippen LogP contribution in [0.25, 0.3) is 11.1 Å². The number of fused-ring (bicyclic) bond motifs is 2. The van der Waals surface area contributed by atoms with Crippen molar-refractivity contribution < 1.29 is 14.1 Å². The van der Waals surface area contributed by atoms with Crippen LogP contribution >= 0.6 is 0 Å². The molecular formula is C20H19N3O5. The number of nitrogens with zero attached hydrogens (tertiary/aromatic N) is 3. The fourth-order valence-corrected chi connectivity index (χ4v) is 3.83. The second-order valence-corrected chi connectivity index (χ2v) is 6.98. The normalized spacial score (nSPS) is 15.8. The molecule has 8 nitrogen and oxygen atoms in total. The smallest absolute Gasteiger partial charge is 0.407 e. The lowest BCUT2D eigenvalue weighted by Crippen LogP contribution is -2.35. The van der Waals surface area contributed by atoms with Crippen molar-refractivity contribution in [3.05, 3.63) is 68.7 Å². The number of hydrogen-bond acceptors (Lipinski definition) is 5. The number of nitro benzene ring substituents is 1. The van der Waals surface area contributed by atoms with Crippen molar-refractivity contribution >= 4 is 28.4 Å². The molecule has 0 saturated heterocycles. The van der Waals surface area contributed by atoms with Crippen molar-refractivity contribution in [3.8, 4) is 0 Å². The highest BCUT2D eigenvalue weighted by Gasteiger charge is 2.30. The minimum Gasteiger partial charge on any atom is -0.407 e. The fourth-order valence-electron chi connectivity index (χ4n) is 3.83. The summed E-state index contributed by atoms with van der Waals surface area (Å²) in [4.78, 5) is 37.0. The summed E-state index contributed by atoms with van der Waals surface area (Å²) in [5, 5.41) is 10.9. The Kier molecular flexibility index (Phi) is 4.46. The molecule has 0 fully saturated rings. The second kappa shape index (κ2) is 6.95. The van der Waals surface area contributed by atoms with Gasteiger partial charge in [-0.3, -0.25) is 19.5 Å². The third-order valence-corrected chi connectivity index (χ3v) is 5.11. The zero-order valence-electron chi connectivity index (χ0n) is 15.3. The minimum atomic E-state index is -0.581. The Morgan fingerprint density at radius 1 is 1.29 bits per heavy atom. The SMILES string of the molecule is CC1Cc2ccccc2N1C(=O)CCCn1c(=O)oc2cc([N+](=O)[O-])ccc21. The van der Waals surface area contributed by atoms with Crippen LogP contribution in [-0.2, 0) is 17.8 Å². The summed E-state index contributed by atoms with van der Waals surface area (Å²) in [6, 6.07) is 12.1. The topological polar surface area (TPSA) is 98.6 Å². The molecule has 1 aliphatic heterocycles. The lowest BCUT2D eigenvalue weighted by atomic mass is 10.1. The monoisotopic (exact) mass is 381 g/mol. The van der Waals surface area contributed by atoms with Gasteiger partial charge in [-0.15, -0.1) is 0 Å². The number of nitro groups is 1. The van der Waals surface area contributed by atoms with E-state index in [1.165, 1.54) is 28.3 Å². The highest BCUT2D eigenvalue weighted by atomic mass is 16.6. The highest BCUT2D eigenvalue weighted by molar-refractivity contribution is 5.96. The predicted octanol–water partition coefficient (Wildman–Crippen LogP) is 3.26. The van der Waals surface area contributed by atoms with Gasteiger partial charge < -0.3 is 9.32 Å². The summed E-state index contributed by atoms with van der Waals surface area (Å²) in [5.74, 6) is -0.559. The van der Waals surface area contributed by atoms with E-state index in [2.05, 4.69) is 0 Å². The molecule has 1 aliphatic rings. The quantitative estimate of drug-likeness (QED) is 0.499. The third-order valence-electron chi connectivity index (χ3n) is 5.11. The number of aryl methyl sites for hydroxylation is 1. The van der Waals surface area contributed by atoms with Gasteiger partial charge in [0.1, 0.15) is 0 Å². The summed E-state index contributed by atoms with van der Waals surface area (Å²) >= 11 is 0. The van der Waals surface area contributed by atoms with Crippen LogP contribution < -0.4 is 10.7 Å². The maximum absolute atomic E-state index is 12.8. The van der Waals surface area contributed by atoms with Crippen molar-refractivity contribution in [2.75, 3.05) is 4.90 Å². The van der Waals surface area contributed by atoms with Gasteiger partial charge in [0.05, 0.1) is 16.5 Å². The molecule has 0 N–H and O–H groups in total. The van der Waals surface area contributed by atoms with E-state index >= 15 is 0 Å². The molecule has 144 valence electrons. The third kappa shape index (κ3) is 3.06. The van der Waals surface area contributed by atoms with Crippen LogP contribution in [-0.4, -0.2) is 21.4 Å². The first-order valence-electron chi connectivity index (χ1n) is 9.13. The van der Waals surface area contributed by atoms with Crippen LogP contribution in [0.5, 0.6) is 0 Å². The first-order chi connectivity index (χ1) is 13.5. The molecule has 0 radical (unpaired) electrons. The van der Waals surface area contributed by atoms with Gasteiger partial charge in [0.15, 0.2) is 5.58 Å². The van der Waals surface area contributed by atoms with Gasteiger partial charge in [-0.25, -0.2) is 4.79 Å². The molecule has 1 aromatic heterocycles. The Balaban J connectivity index is 1.47. The standard InChI is InChI=1S/C20H19N3O5/c1-13-11-14-5-2-3-6-16(14)22(13)19(24)7-4-10-21-17-9-8-15(23(26)27)12-18(17)28-20(21)25/h2-3,5-6,8-9,12-13H,4,7,10-11H2,1H3. The molecular weight excluding hydrogens is 362 g/mol. The molecule has 1 amide bonds. The van der Waals surface area contributed by atoms with Crippen molar-refractivity contribution in [2.24, 2.45) is 0 Å². The van der Waals surface area contributed by atoms with E-state index in [-0.39, 0.29) is 23.2 Å². The number of aromatic nitrogens is 1. The summed E-state index contributed by atoms with van der Waals surface area (Å²) in [7, 11) is 0. The number of hydrogen-bond donors (Lipinski definition) is 0. The van der Waals surface area contributed by atoms with E-state index in [9.17, 15) is 19.7 Å². The first kappa shape index (κ1) is 18.0. The van der Waals surface area contributed by atoms with E-state index in [1.807, 2.05) is 36.1 Å². The van der Waals surface area contributed by atoms with Crippen LogP contribution in [0.3, 0.4) is 0 Å². The van der Waals surface area contributed by atoms with Crippen LogP contribution in [0.15, 0.2) is 51.7 Å². The molecule has 8 heteroatoms. The molecule has 0 bridgehead atoms. The molecule has 0 aliphatic carbocycles. The van der Waals surface area contributed by atoms with Crippen molar-refractivity contribution in [2.45, 2.75) is 38.8 Å². The Hall–Kier alpha value is -3.42. The number of non-ortho nitro benzene ring substituents is 1. The first-order valence-corrected chi connectivity index (χ1v) is 9.13. The number of carbonyl (C=O) groups excluding carboxylic acids is 1. The molecule has 28 heavy (non-hydrogen) atoms. The second-order valence-electron chi connectivity index (χ2n) is 6.98. The molecule has 0 saturated carbocycles. The van der Waals surface area contributed by atoms with Gasteiger partial charge in [0.2, 0.25) is 5.91 Å². The average Bonchev–Trinajstić information content (AvgIpc) is 3.16. The zero-order valence-corrected chi connectivity index (χ0v) is 15.3. The number of rotatable bonds is 5. The Morgan fingerprint density at radius 3 is 2.86 bits per heavy atom. The summed E-state index contributed by atoms with van der Waals surface area (Å²) < 4.78 is 6.53. The van der Waals surface area contributed by atoms with Gasteiger partial charge in [-0.2, -0.15) is 0 Å². The molecule has 4 rings (SSSR count). The van der Waals surface area contributed by atoms with Crippen molar-refractivity contribution in [1.82, 2.24) is 4.57 Å². The molecule has 0 spiro atoms. The van der Waals surface area contributed by atoms with Crippen molar-refractivity contribution in [3.63, 3.8) is 0 Å². The van der Waals surface area contributed by atoms with Crippen LogP contribution in [0.1, 0.15) is 25.3 Å². The minimum absolute atomic E-state index is 0.0222. The number of oxazole rings is 1. The fraction of sp³-hybridized carbons (Fsp3) is 0.300. The Labute approximate surface area is 160 Å². The number of para-hydroxylation sites is 1. The average molecular weight is 381 g/mol. The lowest BCUT2D eigenvalue weighted by Gasteiger charge is -2.22. The number of benzene rings is 2. The molecule has 3 aromatic rings. The summed E-state index contributed by atoms with van der Waals surface area (Å²) in [6.07, 6.45) is 1.60. The number of anilines is 1. The van der Waals surface area contributed by atoms with Crippen LogP contribution in [0.2, 0.25) is 0 Å². The largest absolute Gasteiger partial charge is 0.419 e. The van der Waals surface area contributed by atoms with Crippen molar-refractivity contribution in [1.29, 1.82) is 0 Å². The molecule has 2 aromatic carbocycles. The van der Waals surface area contributed by atoms with Gasteiger partial charge >= 0.3 is 5.76 Å². The summed E-state index contributed by atoms with van der Waals surface area (Å²) in [5.41, 5.74) is 2.65. The highest BCUT2D eigenvalue weighted by Crippen LogP contribution is 2.32. The van der Waals surface area contributed by atoms with Gasteiger partial charge in [-0.05, 0) is 37.5 Å². The zero-order chi connectivity index (χ0) is 19.8. The van der Waals surface area contributed by atoms with E-state index in [1.54, 1.807) is 0 Å². The Bertz CT molecular complexity index is 1130. The lowest BCUT2D eigenvalue weighted by molar-refractivity contribution is -0.384. The van der Waals surface area contributed by atoms with Gasteiger partial charge in [0.25, 0.3) is 5.69 Å². The Morgan fingerprint density at radius 2 is 2.07 bits per heavy atom. The number of amides is 1.